The van der Waals surface area contributed by atoms with Gasteiger partial charge >= 0.3 is 8.56 Å². The molecular weight excluding hydrogens is 305 g/mol. The van der Waals surface area contributed by atoms with Crippen molar-refractivity contribution in [2.45, 2.75) is 32.7 Å². The van der Waals surface area contributed by atoms with Crippen LogP contribution in [0.3, 0.4) is 0 Å². The molecule has 0 bridgehead atoms. The van der Waals surface area contributed by atoms with Crippen molar-refractivity contribution in [1.29, 1.82) is 0 Å². The Balaban J connectivity index is -0.000000605. The van der Waals surface area contributed by atoms with E-state index in [2.05, 4.69) is 19.6 Å². The molecule has 0 N–H and O–H groups in total. The molecule has 84 valence electrons. The summed E-state index contributed by atoms with van der Waals surface area (Å²) in [5.74, 6) is 0. The van der Waals surface area contributed by atoms with Crippen molar-refractivity contribution in [2.24, 2.45) is 0 Å². The fraction of sp³-hybridized carbons (Fsp3) is 0.857. The molecule has 0 fully saturated rings. The van der Waals surface area contributed by atoms with Crippen LogP contribution in [0.4, 0.5) is 0 Å². The van der Waals surface area contributed by atoms with Crippen molar-refractivity contribution in [3.8, 4) is 0 Å². The summed E-state index contributed by atoms with van der Waals surface area (Å²) in [7, 11) is -2.18. The maximum Gasteiger partial charge on any atom is 0.322 e. The van der Waals surface area contributed by atoms with Gasteiger partial charge in [-0.05, 0) is 32.7 Å². The summed E-state index contributed by atoms with van der Waals surface area (Å²) in [6.45, 7) is 10.4. The maximum atomic E-state index is 5.76. The SMILES string of the molecule is CO[Si](C)(C)O[SiH](C)O[Si](C)C.[CH3-].[Y]. The summed E-state index contributed by atoms with van der Waals surface area (Å²) in [5, 5.41) is 0. The van der Waals surface area contributed by atoms with E-state index >= 15 is 0 Å². The molecule has 14 heavy (non-hydrogen) atoms. The zero-order chi connectivity index (χ0) is 9.78. The molecule has 0 aliphatic heterocycles. The molecule has 0 saturated carbocycles. The molecule has 0 saturated heterocycles. The van der Waals surface area contributed by atoms with Gasteiger partial charge in [0.1, 0.15) is 0 Å². The first-order chi connectivity index (χ1) is 5.37. The van der Waals surface area contributed by atoms with Crippen LogP contribution in [0.15, 0.2) is 0 Å². The Bertz CT molecular complexity index is 135. The van der Waals surface area contributed by atoms with Crippen LogP contribution in [0.5, 0.6) is 0 Å². The average molecular weight is 327 g/mol. The molecule has 0 aromatic heterocycles. The number of hydrogen-bond acceptors (Lipinski definition) is 3. The summed E-state index contributed by atoms with van der Waals surface area (Å²) in [6, 6.07) is 0. The molecule has 0 aromatic carbocycles. The van der Waals surface area contributed by atoms with E-state index in [0.717, 1.165) is 0 Å². The fourth-order valence-corrected chi connectivity index (χ4v) is 7.67. The van der Waals surface area contributed by atoms with E-state index in [1.807, 2.05) is 13.1 Å². The standard InChI is InChI=1S/C6H19O3Si3.CH3.Y/c1-7-12(5,6)9-11(4)8-10(2)3;;/h11H,1-6H3;1H3;/q;-1;. The smallest absolute Gasteiger partial charge is 0.322 e. The van der Waals surface area contributed by atoms with Crippen molar-refractivity contribution in [2.75, 3.05) is 7.11 Å². The third kappa shape index (κ3) is 11.7. The second-order valence-corrected chi connectivity index (χ2v) is 11.4. The van der Waals surface area contributed by atoms with Crippen molar-refractivity contribution in [3.05, 3.63) is 7.43 Å². The Labute approximate surface area is 119 Å². The predicted octanol–water partition coefficient (Wildman–Crippen LogP) is 1.92. The summed E-state index contributed by atoms with van der Waals surface area (Å²) in [4.78, 5) is 0. The normalized spacial score (nSPS) is 13.1. The average Bonchev–Trinajstić information content (AvgIpc) is 1.84. The van der Waals surface area contributed by atoms with Crippen LogP contribution in [-0.2, 0) is 45.4 Å². The van der Waals surface area contributed by atoms with Crippen LogP contribution in [-0.4, -0.2) is 34.0 Å². The molecule has 1 atom stereocenters. The van der Waals surface area contributed by atoms with Gasteiger partial charge in [-0.2, -0.15) is 0 Å². The van der Waals surface area contributed by atoms with E-state index in [4.69, 9.17) is 12.7 Å². The van der Waals surface area contributed by atoms with Gasteiger partial charge in [0.05, 0.1) is 0 Å². The van der Waals surface area contributed by atoms with Gasteiger partial charge in [0, 0.05) is 39.8 Å². The minimum atomic E-state index is -1.85. The van der Waals surface area contributed by atoms with E-state index in [-0.39, 0.29) is 40.1 Å². The van der Waals surface area contributed by atoms with Crippen LogP contribution in [0, 0.1) is 7.43 Å². The first-order valence-corrected chi connectivity index (χ1v) is 11.4. The molecule has 2 radical (unpaired) electrons. The van der Waals surface area contributed by atoms with E-state index in [9.17, 15) is 0 Å². The van der Waals surface area contributed by atoms with Crippen molar-refractivity contribution in [1.82, 2.24) is 0 Å². The van der Waals surface area contributed by atoms with Gasteiger partial charge < -0.3 is 20.1 Å². The molecular formula is C7H22O3Si3Y-. The molecule has 0 aliphatic rings. The predicted molar refractivity (Wildman–Crippen MR) is 63.6 cm³/mol. The van der Waals surface area contributed by atoms with Crippen molar-refractivity contribution >= 4 is 26.9 Å². The van der Waals surface area contributed by atoms with E-state index in [1.54, 1.807) is 7.11 Å². The Morgan fingerprint density at radius 2 is 1.64 bits per heavy atom. The van der Waals surface area contributed by atoms with E-state index < -0.39 is 26.9 Å². The van der Waals surface area contributed by atoms with Gasteiger partial charge in [0.15, 0.2) is 9.04 Å². The minimum Gasteiger partial charge on any atom is -0.439 e. The molecule has 0 spiro atoms. The van der Waals surface area contributed by atoms with Crippen LogP contribution in [0.25, 0.3) is 0 Å². The molecule has 7 heteroatoms. The second-order valence-electron chi connectivity index (χ2n) is 3.32. The van der Waals surface area contributed by atoms with Crippen LogP contribution >= 0.6 is 0 Å². The second kappa shape index (κ2) is 9.83. The molecule has 0 amide bonds. The van der Waals surface area contributed by atoms with Gasteiger partial charge in [-0.15, -0.1) is 0 Å². The number of rotatable bonds is 5. The zero-order valence-electron chi connectivity index (χ0n) is 10.4. The minimum absolute atomic E-state index is 0. The summed E-state index contributed by atoms with van der Waals surface area (Å²) >= 11 is 0. The van der Waals surface area contributed by atoms with Gasteiger partial charge in [0.2, 0.25) is 0 Å². The molecule has 1 unspecified atom stereocenters. The molecule has 0 rings (SSSR count). The number of hydrogen-bond donors (Lipinski definition) is 0. The largest absolute Gasteiger partial charge is 0.439 e. The molecule has 0 aromatic rings. The van der Waals surface area contributed by atoms with Crippen LogP contribution < -0.4 is 0 Å². The van der Waals surface area contributed by atoms with E-state index in [1.165, 1.54) is 0 Å². The Hall–Kier alpha value is 1.63. The van der Waals surface area contributed by atoms with Crippen molar-refractivity contribution in [3.63, 3.8) is 0 Å². The quantitative estimate of drug-likeness (QED) is 0.570. The summed E-state index contributed by atoms with van der Waals surface area (Å²) in [6.07, 6.45) is 0. The monoisotopic (exact) mass is 327 g/mol. The first kappa shape index (κ1) is 21.0. The van der Waals surface area contributed by atoms with Gasteiger partial charge in [-0.3, -0.25) is 0 Å². The molecule has 0 heterocycles. The summed E-state index contributed by atoms with van der Waals surface area (Å²) < 4.78 is 16.7. The van der Waals surface area contributed by atoms with E-state index in [0.29, 0.717) is 0 Å². The molecule has 3 nitrogen and oxygen atoms in total. The third-order valence-corrected chi connectivity index (χ3v) is 9.14. The Kier molecular flexibility index (Phi) is 14.7. The van der Waals surface area contributed by atoms with Gasteiger partial charge in [-0.25, -0.2) is 0 Å². The Morgan fingerprint density at radius 3 is 1.93 bits per heavy atom. The fourth-order valence-electron chi connectivity index (χ4n) is 0.804. The van der Waals surface area contributed by atoms with Crippen molar-refractivity contribution < 1.29 is 45.4 Å². The third-order valence-electron chi connectivity index (χ3n) is 1.34. The first-order valence-electron chi connectivity index (χ1n) is 4.07. The van der Waals surface area contributed by atoms with Crippen LogP contribution in [0.2, 0.25) is 32.7 Å². The molecule has 0 aliphatic carbocycles. The van der Waals surface area contributed by atoms with Gasteiger partial charge in [0.25, 0.3) is 9.28 Å². The summed E-state index contributed by atoms with van der Waals surface area (Å²) in [5.41, 5.74) is 0. The zero-order valence-corrected chi connectivity index (χ0v) is 16.4. The van der Waals surface area contributed by atoms with Crippen LogP contribution in [0.1, 0.15) is 0 Å². The maximum absolute atomic E-state index is 5.76. The Morgan fingerprint density at radius 1 is 1.21 bits per heavy atom. The topological polar surface area (TPSA) is 27.7 Å². The van der Waals surface area contributed by atoms with Gasteiger partial charge in [-0.1, -0.05) is 0 Å².